The van der Waals surface area contributed by atoms with Crippen LogP contribution in [0, 0.1) is 5.82 Å². The van der Waals surface area contributed by atoms with Gasteiger partial charge in [-0.05, 0) is 50.0 Å². The molecule has 48 heavy (non-hydrogen) atoms. The molecule has 6 amide bonds. The lowest BCUT2D eigenvalue weighted by Gasteiger charge is -2.32. The molecule has 2 aliphatic carbocycles. The van der Waals surface area contributed by atoms with Crippen molar-refractivity contribution < 1.29 is 37.4 Å². The Morgan fingerprint density at radius 1 is 0.938 bits per heavy atom. The Balaban J connectivity index is 1.08. The Bertz CT molecular complexity index is 1660. The van der Waals surface area contributed by atoms with Gasteiger partial charge in [-0.3, -0.25) is 19.9 Å². The number of carbonyl (C=O) groups excluding carboxylic acids is 4. The molecular formula is C34H36F2N6O6. The third kappa shape index (κ3) is 9.98. The van der Waals surface area contributed by atoms with Gasteiger partial charge in [-0.1, -0.05) is 23.8 Å². The number of likely N-dealkylation sites (tertiary alicyclic amines) is 1. The van der Waals surface area contributed by atoms with Crippen LogP contribution in [-0.4, -0.2) is 59.5 Å². The number of rotatable bonds is 10. The van der Waals surface area contributed by atoms with Crippen molar-refractivity contribution in [1.82, 2.24) is 20.5 Å². The van der Waals surface area contributed by atoms with Gasteiger partial charge in [0.2, 0.25) is 5.91 Å². The molecule has 5 rings (SSSR count). The van der Waals surface area contributed by atoms with Crippen LogP contribution in [0.3, 0.4) is 0 Å². The Morgan fingerprint density at radius 2 is 1.77 bits per heavy atom. The number of carbonyl (C=O) groups is 4. The van der Waals surface area contributed by atoms with Crippen molar-refractivity contribution in [3.05, 3.63) is 90.0 Å². The van der Waals surface area contributed by atoms with Crippen LogP contribution >= 0.6 is 0 Å². The summed E-state index contributed by atoms with van der Waals surface area (Å²) in [5.74, 6) is -1.12. The van der Waals surface area contributed by atoms with E-state index in [1.165, 1.54) is 42.7 Å². The maximum atomic E-state index is 15.0. The number of amides is 6. The molecule has 2 aromatic rings. The summed E-state index contributed by atoms with van der Waals surface area (Å²) in [5.41, 5.74) is 0.980. The number of nitrogens with one attached hydrogen (secondary N) is 4. The number of pyridine rings is 1. The minimum atomic E-state index is -0.851. The molecule has 0 radical (unpaired) electrons. The molecule has 1 saturated heterocycles. The number of halogens is 2. The van der Waals surface area contributed by atoms with Gasteiger partial charge in [0.05, 0.1) is 12.0 Å². The number of hydrogen-bond acceptors (Lipinski definition) is 7. The Hall–Kier alpha value is -5.53. The van der Waals surface area contributed by atoms with Gasteiger partial charge in [0.25, 0.3) is 5.91 Å². The first-order chi connectivity index (χ1) is 23.2. The maximum Gasteiger partial charge on any atom is 0.325 e. The molecule has 14 heteroatoms. The summed E-state index contributed by atoms with van der Waals surface area (Å²) >= 11 is 0. The zero-order chi connectivity index (χ0) is 33.9. The second-order valence-electron chi connectivity index (χ2n) is 11.4. The van der Waals surface area contributed by atoms with Gasteiger partial charge in [-0.15, -0.1) is 0 Å². The van der Waals surface area contributed by atoms with Crippen molar-refractivity contribution in [3.63, 3.8) is 0 Å². The van der Waals surface area contributed by atoms with Crippen LogP contribution in [0.1, 0.15) is 44.9 Å². The summed E-state index contributed by atoms with van der Waals surface area (Å²) < 4.78 is 39.4. The Kier molecular flexibility index (Phi) is 11.5. The second kappa shape index (κ2) is 16.3. The van der Waals surface area contributed by atoms with Crippen LogP contribution in [0.25, 0.3) is 0 Å². The third-order valence-electron chi connectivity index (χ3n) is 7.77. The molecule has 0 unspecified atom stereocenters. The number of urea groups is 2. The van der Waals surface area contributed by atoms with Gasteiger partial charge >= 0.3 is 12.1 Å². The van der Waals surface area contributed by atoms with E-state index in [0.717, 1.165) is 24.7 Å². The lowest BCUT2D eigenvalue weighted by molar-refractivity contribution is -0.125. The fraction of sp³-hybridized carbons (Fsp3) is 0.324. The summed E-state index contributed by atoms with van der Waals surface area (Å²) in [6.45, 7) is 0.755. The number of hydrogen-bond donors (Lipinski definition) is 4. The predicted molar refractivity (Wildman–Crippen MR) is 173 cm³/mol. The van der Waals surface area contributed by atoms with Crippen molar-refractivity contribution in [1.29, 1.82) is 0 Å². The molecule has 0 bridgehead atoms. The minimum Gasteiger partial charge on any atom is -0.488 e. The van der Waals surface area contributed by atoms with Crippen molar-refractivity contribution in [2.24, 2.45) is 0 Å². The monoisotopic (exact) mass is 662 g/mol. The van der Waals surface area contributed by atoms with E-state index in [2.05, 4.69) is 26.3 Å². The van der Waals surface area contributed by atoms with E-state index in [-0.39, 0.29) is 60.1 Å². The molecule has 252 valence electrons. The van der Waals surface area contributed by atoms with Crippen LogP contribution in [0.5, 0.6) is 11.5 Å². The van der Waals surface area contributed by atoms with Crippen LogP contribution in [0.4, 0.5) is 29.7 Å². The summed E-state index contributed by atoms with van der Waals surface area (Å²) in [5, 5.41) is 10.3. The highest BCUT2D eigenvalue weighted by atomic mass is 19.1. The normalized spacial score (nSPS) is 16.1. The van der Waals surface area contributed by atoms with Gasteiger partial charge < -0.3 is 30.3 Å². The number of ether oxygens (including phenoxy) is 2. The Labute approximate surface area is 275 Å². The minimum absolute atomic E-state index is 0.0534. The van der Waals surface area contributed by atoms with Crippen LogP contribution in [-0.2, 0) is 14.3 Å². The second-order valence-corrected chi connectivity index (χ2v) is 11.4. The number of piperidine rings is 1. The highest BCUT2D eigenvalue weighted by molar-refractivity contribution is 6.01. The van der Waals surface area contributed by atoms with Gasteiger partial charge in [-0.25, -0.2) is 18.4 Å². The van der Waals surface area contributed by atoms with E-state index in [1.807, 2.05) is 18.2 Å². The van der Waals surface area contributed by atoms with E-state index >= 15 is 0 Å². The molecule has 4 N–H and O–H groups in total. The largest absolute Gasteiger partial charge is 0.488 e. The van der Waals surface area contributed by atoms with Crippen LogP contribution in [0.15, 0.2) is 84.2 Å². The highest BCUT2D eigenvalue weighted by Gasteiger charge is 2.25. The number of nitrogens with zero attached hydrogens (tertiary/aromatic N) is 2. The highest BCUT2D eigenvalue weighted by Crippen LogP contribution is 2.32. The van der Waals surface area contributed by atoms with E-state index in [1.54, 1.807) is 4.90 Å². The SMILES string of the molecule is O=C(CC1=CC=C(F)CC1)NC(=O)Nc1ccc(Oc2ccncc2NC(=O)N2CCC(NC(=O)COC3=CC=CCC3)CC2)c(F)c1. The first-order valence-electron chi connectivity index (χ1n) is 15.6. The molecule has 1 aliphatic heterocycles. The molecule has 0 atom stereocenters. The molecule has 1 aromatic carbocycles. The maximum absolute atomic E-state index is 15.0. The number of imide groups is 1. The summed E-state index contributed by atoms with van der Waals surface area (Å²) in [6.07, 6.45) is 14.7. The number of allylic oxidation sites excluding steroid dienone is 7. The molecule has 1 fully saturated rings. The molecular weight excluding hydrogens is 626 g/mol. The zero-order valence-electron chi connectivity index (χ0n) is 26.1. The van der Waals surface area contributed by atoms with Crippen molar-refractivity contribution in [2.45, 2.75) is 51.0 Å². The number of aromatic nitrogens is 1. The van der Waals surface area contributed by atoms with E-state index in [4.69, 9.17) is 9.47 Å². The smallest absolute Gasteiger partial charge is 0.325 e. The first kappa shape index (κ1) is 33.8. The molecule has 12 nitrogen and oxygen atoms in total. The van der Waals surface area contributed by atoms with Gasteiger partial charge in [-0.2, -0.15) is 0 Å². The number of benzene rings is 1. The lowest BCUT2D eigenvalue weighted by atomic mass is 10.0. The summed E-state index contributed by atoms with van der Waals surface area (Å²) in [4.78, 5) is 55.4. The van der Waals surface area contributed by atoms with Crippen LogP contribution in [0.2, 0.25) is 0 Å². The van der Waals surface area contributed by atoms with Gasteiger partial charge in [0.1, 0.15) is 11.5 Å². The molecule has 1 aromatic heterocycles. The average molecular weight is 663 g/mol. The van der Waals surface area contributed by atoms with E-state index < -0.39 is 23.8 Å². The predicted octanol–water partition coefficient (Wildman–Crippen LogP) is 5.99. The molecule has 0 spiro atoms. The van der Waals surface area contributed by atoms with Crippen molar-refractivity contribution in [3.8, 4) is 11.5 Å². The fourth-order valence-corrected chi connectivity index (χ4v) is 5.24. The molecule has 2 heterocycles. The topological polar surface area (TPSA) is 151 Å². The number of anilines is 2. The summed E-state index contributed by atoms with van der Waals surface area (Å²) in [6, 6.07) is 3.83. The molecule has 3 aliphatic rings. The van der Waals surface area contributed by atoms with Crippen molar-refractivity contribution >= 4 is 35.3 Å². The van der Waals surface area contributed by atoms with E-state index in [0.29, 0.717) is 37.9 Å². The Morgan fingerprint density at radius 3 is 2.50 bits per heavy atom. The zero-order valence-corrected chi connectivity index (χ0v) is 26.1. The first-order valence-corrected chi connectivity index (χ1v) is 15.6. The molecule has 0 saturated carbocycles. The fourth-order valence-electron chi connectivity index (χ4n) is 5.24. The van der Waals surface area contributed by atoms with Gasteiger partial charge in [0, 0.05) is 62.4 Å². The lowest BCUT2D eigenvalue weighted by Crippen LogP contribution is -2.48. The van der Waals surface area contributed by atoms with E-state index in [9.17, 15) is 28.0 Å². The average Bonchev–Trinajstić information content (AvgIpc) is 3.07. The standard InChI is InChI=1S/C34H36F2N6O6/c35-23-8-6-22(7-9-23)18-31(43)41-33(45)39-25-10-11-29(27(36)19-25)48-30-12-15-37-20-28(30)40-34(46)42-16-13-24(14-17-42)38-32(44)21-47-26-4-2-1-3-5-26/h1-2,4,6,8,10-12,15,19-20,24H,3,5,7,9,13-14,16-18,21H2,(H,38,44)(H,40,46)(H2,39,41,43,45). The van der Waals surface area contributed by atoms with Gasteiger partial charge in [0.15, 0.2) is 23.9 Å². The van der Waals surface area contributed by atoms with Crippen molar-refractivity contribution in [2.75, 3.05) is 30.3 Å². The third-order valence-corrected chi connectivity index (χ3v) is 7.77. The van der Waals surface area contributed by atoms with Crippen LogP contribution < -0.4 is 26.0 Å². The summed E-state index contributed by atoms with van der Waals surface area (Å²) in [7, 11) is 0. The quantitative estimate of drug-likeness (QED) is 0.244.